The Bertz CT molecular complexity index is 229. The highest BCUT2D eigenvalue weighted by Crippen LogP contribution is 2.04. The predicted octanol–water partition coefficient (Wildman–Crippen LogP) is 1.63. The van der Waals surface area contributed by atoms with E-state index in [1.807, 2.05) is 6.92 Å². The van der Waals surface area contributed by atoms with Gasteiger partial charge < -0.3 is 10.6 Å². The second kappa shape index (κ2) is 6.27. The van der Waals surface area contributed by atoms with Crippen molar-refractivity contribution < 1.29 is 9.59 Å². The Balaban J connectivity index is 4.43. The quantitative estimate of drug-likeness (QED) is 0.774. The average Bonchev–Trinajstić information content (AvgIpc) is 2.12. The Morgan fingerprint density at radius 2 is 1.87 bits per heavy atom. The van der Waals surface area contributed by atoms with E-state index in [2.05, 4.69) is 0 Å². The number of rotatable bonds is 4. The minimum Gasteiger partial charge on any atom is -0.351 e. The summed E-state index contributed by atoms with van der Waals surface area (Å²) in [7, 11) is 1.68. The molecule has 0 aromatic rings. The molecule has 0 rings (SSSR count). The molecule has 0 spiro atoms. The van der Waals surface area contributed by atoms with Crippen LogP contribution >= 0.6 is 0 Å². The predicted molar refractivity (Wildman–Crippen MR) is 59.5 cm³/mol. The van der Waals surface area contributed by atoms with Crippen LogP contribution in [0.2, 0.25) is 0 Å². The lowest BCUT2D eigenvalue weighted by Gasteiger charge is -2.28. The standard InChI is InChI=1S/C10H21N3O2/c1-5-6-7-12(4)10(15)13(8(2)3)9(11)14/h8H,5-7H2,1-4H3,(H2,11,14). The van der Waals surface area contributed by atoms with Crippen LogP contribution in [0.1, 0.15) is 33.6 Å². The minimum absolute atomic E-state index is 0.209. The molecule has 0 heterocycles. The van der Waals surface area contributed by atoms with Crippen molar-refractivity contribution >= 4 is 12.1 Å². The van der Waals surface area contributed by atoms with Crippen LogP contribution in [0.5, 0.6) is 0 Å². The summed E-state index contributed by atoms with van der Waals surface area (Å²) >= 11 is 0. The third-order valence-electron chi connectivity index (χ3n) is 2.13. The number of nitrogens with zero attached hydrogens (tertiary/aromatic N) is 2. The Labute approximate surface area is 91.2 Å². The van der Waals surface area contributed by atoms with E-state index in [0.29, 0.717) is 6.54 Å². The number of hydrogen-bond donors (Lipinski definition) is 1. The molecule has 0 saturated carbocycles. The molecule has 88 valence electrons. The molecule has 2 N–H and O–H groups in total. The summed E-state index contributed by atoms with van der Waals surface area (Å²) in [6, 6.07) is -1.23. The molecule has 0 atom stereocenters. The molecular formula is C10H21N3O2. The van der Waals surface area contributed by atoms with Gasteiger partial charge in [0.05, 0.1) is 0 Å². The number of hydrogen-bond acceptors (Lipinski definition) is 2. The van der Waals surface area contributed by atoms with Crippen molar-refractivity contribution in [2.24, 2.45) is 5.73 Å². The number of urea groups is 2. The molecule has 0 aliphatic carbocycles. The van der Waals surface area contributed by atoms with E-state index in [1.165, 1.54) is 4.90 Å². The zero-order valence-electron chi connectivity index (χ0n) is 9.99. The van der Waals surface area contributed by atoms with Crippen LogP contribution < -0.4 is 5.73 Å². The first-order valence-corrected chi connectivity index (χ1v) is 5.25. The number of unbranched alkanes of at least 4 members (excludes halogenated alkanes) is 1. The fourth-order valence-electron chi connectivity index (χ4n) is 1.24. The monoisotopic (exact) mass is 215 g/mol. The highest BCUT2D eigenvalue weighted by molar-refractivity contribution is 5.92. The number of carbonyl (C=O) groups excluding carboxylic acids is 2. The number of primary amides is 1. The number of amides is 4. The number of nitrogens with two attached hydrogens (primary N) is 1. The molecule has 0 saturated heterocycles. The summed E-state index contributed by atoms with van der Waals surface area (Å²) in [5, 5.41) is 0. The Morgan fingerprint density at radius 3 is 2.20 bits per heavy atom. The normalized spacial score (nSPS) is 10.2. The first kappa shape index (κ1) is 13.7. The van der Waals surface area contributed by atoms with Crippen molar-refractivity contribution in [2.75, 3.05) is 13.6 Å². The van der Waals surface area contributed by atoms with Crippen molar-refractivity contribution in [3.05, 3.63) is 0 Å². The van der Waals surface area contributed by atoms with Crippen LogP contribution in [0.15, 0.2) is 0 Å². The molecule has 0 fully saturated rings. The van der Waals surface area contributed by atoms with Crippen LogP contribution in [0.3, 0.4) is 0 Å². The van der Waals surface area contributed by atoms with Gasteiger partial charge >= 0.3 is 12.1 Å². The van der Waals surface area contributed by atoms with Crippen LogP contribution in [0, 0.1) is 0 Å². The lowest BCUT2D eigenvalue weighted by Crippen LogP contribution is -2.50. The summed E-state index contributed by atoms with van der Waals surface area (Å²) in [6.07, 6.45) is 1.93. The fraction of sp³-hybridized carbons (Fsp3) is 0.800. The number of carbonyl (C=O) groups is 2. The second-order valence-corrected chi connectivity index (χ2v) is 3.86. The van der Waals surface area contributed by atoms with Gasteiger partial charge in [0, 0.05) is 19.6 Å². The van der Waals surface area contributed by atoms with Gasteiger partial charge in [-0.05, 0) is 20.3 Å². The molecule has 5 nitrogen and oxygen atoms in total. The van der Waals surface area contributed by atoms with Gasteiger partial charge in [-0.15, -0.1) is 0 Å². The van der Waals surface area contributed by atoms with Gasteiger partial charge in [-0.3, -0.25) is 0 Å². The zero-order chi connectivity index (χ0) is 12.0. The second-order valence-electron chi connectivity index (χ2n) is 3.86. The molecule has 0 aliphatic heterocycles. The summed E-state index contributed by atoms with van der Waals surface area (Å²) in [5.41, 5.74) is 5.14. The van der Waals surface area contributed by atoms with E-state index in [1.54, 1.807) is 20.9 Å². The van der Waals surface area contributed by atoms with Crippen LogP contribution in [-0.2, 0) is 0 Å². The molecular weight excluding hydrogens is 194 g/mol. The van der Waals surface area contributed by atoms with Crippen LogP contribution in [0.4, 0.5) is 9.59 Å². The topological polar surface area (TPSA) is 66.6 Å². The van der Waals surface area contributed by atoms with E-state index in [0.717, 1.165) is 17.7 Å². The van der Waals surface area contributed by atoms with Crippen molar-refractivity contribution in [1.82, 2.24) is 9.80 Å². The molecule has 0 aliphatic rings. The maximum Gasteiger partial charge on any atom is 0.328 e. The van der Waals surface area contributed by atoms with Crippen LogP contribution in [0.25, 0.3) is 0 Å². The zero-order valence-corrected chi connectivity index (χ0v) is 9.99. The number of imide groups is 1. The first-order valence-electron chi connectivity index (χ1n) is 5.25. The molecule has 0 aromatic carbocycles. The van der Waals surface area contributed by atoms with Gasteiger partial charge in [0.15, 0.2) is 0 Å². The smallest absolute Gasteiger partial charge is 0.328 e. The minimum atomic E-state index is -0.696. The Kier molecular flexibility index (Phi) is 5.74. The first-order chi connectivity index (χ1) is 6.91. The summed E-state index contributed by atoms with van der Waals surface area (Å²) in [5.74, 6) is 0. The largest absolute Gasteiger partial charge is 0.351 e. The van der Waals surface area contributed by atoms with Gasteiger partial charge in [-0.1, -0.05) is 13.3 Å². The Hall–Kier alpha value is -1.26. The molecule has 4 amide bonds. The highest BCUT2D eigenvalue weighted by Gasteiger charge is 2.24. The summed E-state index contributed by atoms with van der Waals surface area (Å²) in [6.45, 7) is 6.21. The third-order valence-corrected chi connectivity index (χ3v) is 2.13. The van der Waals surface area contributed by atoms with Crippen molar-refractivity contribution in [2.45, 2.75) is 39.7 Å². The van der Waals surface area contributed by atoms with E-state index < -0.39 is 6.03 Å². The third kappa shape index (κ3) is 4.18. The molecule has 0 bridgehead atoms. The molecule has 0 radical (unpaired) electrons. The van der Waals surface area contributed by atoms with Gasteiger partial charge in [0.2, 0.25) is 0 Å². The lowest BCUT2D eigenvalue weighted by atomic mass is 10.3. The van der Waals surface area contributed by atoms with E-state index >= 15 is 0 Å². The van der Waals surface area contributed by atoms with Crippen molar-refractivity contribution in [3.8, 4) is 0 Å². The highest BCUT2D eigenvalue weighted by atomic mass is 16.2. The maximum atomic E-state index is 11.8. The Morgan fingerprint density at radius 1 is 1.33 bits per heavy atom. The van der Waals surface area contributed by atoms with Gasteiger partial charge in [-0.2, -0.15) is 0 Å². The summed E-state index contributed by atoms with van der Waals surface area (Å²) < 4.78 is 0. The van der Waals surface area contributed by atoms with E-state index in [9.17, 15) is 9.59 Å². The maximum absolute atomic E-state index is 11.8. The van der Waals surface area contributed by atoms with Crippen LogP contribution in [-0.4, -0.2) is 41.5 Å². The average molecular weight is 215 g/mol. The lowest BCUT2D eigenvalue weighted by molar-refractivity contribution is 0.155. The fourth-order valence-corrected chi connectivity index (χ4v) is 1.24. The van der Waals surface area contributed by atoms with Gasteiger partial charge in [0.25, 0.3) is 0 Å². The molecule has 15 heavy (non-hydrogen) atoms. The van der Waals surface area contributed by atoms with Crippen molar-refractivity contribution in [1.29, 1.82) is 0 Å². The van der Waals surface area contributed by atoms with E-state index in [-0.39, 0.29) is 12.1 Å². The van der Waals surface area contributed by atoms with Crippen molar-refractivity contribution in [3.63, 3.8) is 0 Å². The molecule has 0 aromatic heterocycles. The van der Waals surface area contributed by atoms with Gasteiger partial charge in [-0.25, -0.2) is 14.5 Å². The SMILES string of the molecule is CCCCN(C)C(=O)N(C(N)=O)C(C)C. The summed E-state index contributed by atoms with van der Waals surface area (Å²) in [4.78, 5) is 25.4. The molecule has 5 heteroatoms. The molecule has 0 unspecified atom stereocenters. The van der Waals surface area contributed by atoms with E-state index in [4.69, 9.17) is 5.73 Å². The van der Waals surface area contributed by atoms with Gasteiger partial charge in [0.1, 0.15) is 0 Å².